The van der Waals surface area contributed by atoms with E-state index in [4.69, 9.17) is 11.6 Å². The predicted octanol–water partition coefficient (Wildman–Crippen LogP) is 3.16. The molecule has 0 radical (unpaired) electrons. The summed E-state index contributed by atoms with van der Waals surface area (Å²) in [6, 6.07) is 5.89. The van der Waals surface area contributed by atoms with Gasteiger partial charge < -0.3 is 10.2 Å². The molecule has 1 aromatic rings. The summed E-state index contributed by atoms with van der Waals surface area (Å²) in [5, 5.41) is 3.86. The molecule has 1 atom stereocenters. The van der Waals surface area contributed by atoms with Crippen LogP contribution in [0.4, 0.5) is 0 Å². The fourth-order valence-electron chi connectivity index (χ4n) is 2.41. The minimum Gasteiger partial charge on any atom is -0.334 e. The molecule has 1 aromatic carbocycles. The fourth-order valence-corrected chi connectivity index (χ4v) is 3.35. The Morgan fingerprint density at radius 2 is 2.37 bits per heavy atom. The van der Waals surface area contributed by atoms with E-state index in [1.54, 1.807) is 0 Å². The molecule has 104 valence electrons. The highest BCUT2D eigenvalue weighted by Gasteiger charge is 2.27. The number of hydrogen-bond donors (Lipinski definition) is 1. The van der Waals surface area contributed by atoms with E-state index in [1.165, 1.54) is 0 Å². The summed E-state index contributed by atoms with van der Waals surface area (Å²) in [7, 11) is 0. The van der Waals surface area contributed by atoms with E-state index in [-0.39, 0.29) is 5.91 Å². The second-order valence-corrected chi connectivity index (χ2v) is 6.42. The van der Waals surface area contributed by atoms with Gasteiger partial charge in [0.25, 0.3) is 5.91 Å². The molecule has 0 saturated carbocycles. The lowest BCUT2D eigenvalue weighted by atomic mass is 10.1. The summed E-state index contributed by atoms with van der Waals surface area (Å²) in [4.78, 5) is 14.6. The molecule has 1 aliphatic rings. The molecule has 0 aliphatic carbocycles. The van der Waals surface area contributed by atoms with E-state index < -0.39 is 0 Å². The number of nitrogens with zero attached hydrogens (tertiary/aromatic N) is 1. The van der Waals surface area contributed by atoms with E-state index in [2.05, 4.69) is 34.8 Å². The summed E-state index contributed by atoms with van der Waals surface area (Å²) in [6.07, 6.45) is 1.98. The lowest BCUT2D eigenvalue weighted by molar-refractivity contribution is 0.0692. The van der Waals surface area contributed by atoms with Gasteiger partial charge in [-0.05, 0) is 60.2 Å². The third kappa shape index (κ3) is 3.61. The van der Waals surface area contributed by atoms with E-state index in [1.807, 2.05) is 23.1 Å². The Morgan fingerprint density at radius 3 is 2.95 bits per heavy atom. The normalized spacial score (nSPS) is 18.6. The average Bonchev–Trinajstić information content (AvgIpc) is 2.89. The minimum atomic E-state index is 0.0527. The lowest BCUT2D eigenvalue weighted by Crippen LogP contribution is -2.42. The lowest BCUT2D eigenvalue weighted by Gasteiger charge is -2.28. The van der Waals surface area contributed by atoms with Gasteiger partial charge in [-0.1, -0.05) is 18.5 Å². The Balaban J connectivity index is 2.22. The zero-order chi connectivity index (χ0) is 13.8. The van der Waals surface area contributed by atoms with Crippen LogP contribution in [-0.4, -0.2) is 36.5 Å². The molecule has 0 aromatic heterocycles. The quantitative estimate of drug-likeness (QED) is 0.798. The van der Waals surface area contributed by atoms with Crippen LogP contribution in [0, 0.1) is 3.57 Å². The number of halogens is 2. The third-order valence-electron chi connectivity index (χ3n) is 3.36. The average molecular weight is 393 g/mol. The molecule has 1 unspecified atom stereocenters. The van der Waals surface area contributed by atoms with Crippen LogP contribution in [0.25, 0.3) is 0 Å². The van der Waals surface area contributed by atoms with Crippen molar-refractivity contribution >= 4 is 40.1 Å². The zero-order valence-corrected chi connectivity index (χ0v) is 13.9. The maximum atomic E-state index is 12.7. The first-order chi connectivity index (χ1) is 9.13. The van der Waals surface area contributed by atoms with Crippen molar-refractivity contribution in [2.75, 3.05) is 19.6 Å². The first kappa shape index (κ1) is 15.1. The van der Waals surface area contributed by atoms with Crippen molar-refractivity contribution in [2.45, 2.75) is 25.8 Å². The molecule has 1 fully saturated rings. The van der Waals surface area contributed by atoms with Crippen LogP contribution in [0.5, 0.6) is 0 Å². The highest BCUT2D eigenvalue weighted by Crippen LogP contribution is 2.22. The van der Waals surface area contributed by atoms with Crippen molar-refractivity contribution in [3.8, 4) is 0 Å². The summed E-state index contributed by atoms with van der Waals surface area (Å²) < 4.78 is 1.05. The SMILES string of the molecule is CCCN(C(=O)c1ccc(I)cc1Cl)C1CCNC1. The fraction of sp³-hybridized carbons (Fsp3) is 0.500. The number of nitrogens with one attached hydrogen (secondary N) is 1. The van der Waals surface area contributed by atoms with E-state index in [9.17, 15) is 4.79 Å². The van der Waals surface area contributed by atoms with Crippen molar-refractivity contribution in [1.29, 1.82) is 0 Å². The van der Waals surface area contributed by atoms with Crippen molar-refractivity contribution in [3.05, 3.63) is 32.4 Å². The summed E-state index contributed by atoms with van der Waals surface area (Å²) in [5.41, 5.74) is 0.613. The number of carbonyl (C=O) groups is 1. The van der Waals surface area contributed by atoms with Crippen molar-refractivity contribution in [1.82, 2.24) is 10.2 Å². The second-order valence-electron chi connectivity index (χ2n) is 4.77. The van der Waals surface area contributed by atoms with Gasteiger partial charge in [-0.25, -0.2) is 0 Å². The molecular formula is C14H18ClIN2O. The number of carbonyl (C=O) groups excluding carboxylic acids is 1. The number of rotatable bonds is 4. The topological polar surface area (TPSA) is 32.3 Å². The van der Waals surface area contributed by atoms with E-state index in [0.717, 1.165) is 36.0 Å². The number of amides is 1. The van der Waals surface area contributed by atoms with Crippen LogP contribution in [0.15, 0.2) is 18.2 Å². The van der Waals surface area contributed by atoms with Crippen LogP contribution in [0.1, 0.15) is 30.1 Å². The third-order valence-corrected chi connectivity index (χ3v) is 4.35. The van der Waals surface area contributed by atoms with Crippen LogP contribution in [0.3, 0.4) is 0 Å². The van der Waals surface area contributed by atoms with Crippen LogP contribution >= 0.6 is 34.2 Å². The molecule has 1 N–H and O–H groups in total. The van der Waals surface area contributed by atoms with Gasteiger partial charge in [-0.15, -0.1) is 0 Å². The Morgan fingerprint density at radius 1 is 1.58 bits per heavy atom. The Labute approximate surface area is 132 Å². The molecular weight excluding hydrogens is 375 g/mol. The van der Waals surface area contributed by atoms with Crippen molar-refractivity contribution < 1.29 is 4.79 Å². The van der Waals surface area contributed by atoms with Gasteiger partial charge in [0.15, 0.2) is 0 Å². The Hall–Kier alpha value is -0.330. The van der Waals surface area contributed by atoms with Gasteiger partial charge >= 0.3 is 0 Å². The molecule has 1 aliphatic heterocycles. The second kappa shape index (κ2) is 6.90. The van der Waals surface area contributed by atoms with Gasteiger partial charge in [-0.2, -0.15) is 0 Å². The first-order valence-electron chi connectivity index (χ1n) is 6.60. The van der Waals surface area contributed by atoms with Crippen LogP contribution in [0.2, 0.25) is 5.02 Å². The molecule has 0 bridgehead atoms. The molecule has 1 heterocycles. The maximum absolute atomic E-state index is 12.7. The van der Waals surface area contributed by atoms with E-state index in [0.29, 0.717) is 16.6 Å². The van der Waals surface area contributed by atoms with Crippen molar-refractivity contribution in [2.24, 2.45) is 0 Å². The summed E-state index contributed by atoms with van der Waals surface area (Å²) in [6.45, 7) is 4.75. The highest BCUT2D eigenvalue weighted by molar-refractivity contribution is 14.1. The zero-order valence-electron chi connectivity index (χ0n) is 11.0. The molecule has 1 amide bonds. The molecule has 3 nitrogen and oxygen atoms in total. The molecule has 2 rings (SSSR count). The Bertz CT molecular complexity index is 461. The van der Waals surface area contributed by atoms with Gasteiger partial charge in [0.1, 0.15) is 0 Å². The standard InChI is InChI=1S/C14H18ClIN2O/c1-2-7-18(11-5-6-17-9-11)14(19)12-4-3-10(16)8-13(12)15/h3-4,8,11,17H,2,5-7,9H2,1H3. The molecule has 1 saturated heterocycles. The summed E-state index contributed by atoms with van der Waals surface area (Å²) >= 11 is 8.41. The van der Waals surface area contributed by atoms with Crippen LogP contribution < -0.4 is 5.32 Å². The highest BCUT2D eigenvalue weighted by atomic mass is 127. The largest absolute Gasteiger partial charge is 0.334 e. The predicted molar refractivity (Wildman–Crippen MR) is 86.8 cm³/mol. The van der Waals surface area contributed by atoms with Gasteiger partial charge in [0, 0.05) is 22.7 Å². The monoisotopic (exact) mass is 392 g/mol. The minimum absolute atomic E-state index is 0.0527. The Kier molecular flexibility index (Phi) is 5.47. The first-order valence-corrected chi connectivity index (χ1v) is 8.06. The van der Waals surface area contributed by atoms with E-state index >= 15 is 0 Å². The molecule has 19 heavy (non-hydrogen) atoms. The smallest absolute Gasteiger partial charge is 0.255 e. The van der Waals surface area contributed by atoms with Crippen molar-refractivity contribution in [3.63, 3.8) is 0 Å². The van der Waals surface area contributed by atoms with Gasteiger partial charge in [0.05, 0.1) is 10.6 Å². The van der Waals surface area contributed by atoms with Crippen LogP contribution in [-0.2, 0) is 0 Å². The molecule has 0 spiro atoms. The maximum Gasteiger partial charge on any atom is 0.255 e. The summed E-state index contributed by atoms with van der Waals surface area (Å²) in [5.74, 6) is 0.0527. The number of hydrogen-bond acceptors (Lipinski definition) is 2. The van der Waals surface area contributed by atoms with Gasteiger partial charge in [-0.3, -0.25) is 4.79 Å². The number of benzene rings is 1. The molecule has 5 heteroatoms. The van der Waals surface area contributed by atoms with Gasteiger partial charge in [0.2, 0.25) is 0 Å².